The molecule has 1 N–H and O–H groups in total. The largest absolute Gasteiger partial charge is 0.497 e. The first-order chi connectivity index (χ1) is 13.1. The summed E-state index contributed by atoms with van der Waals surface area (Å²) >= 11 is 0. The van der Waals surface area contributed by atoms with Crippen molar-refractivity contribution in [2.75, 3.05) is 46.4 Å². The molecule has 0 bridgehead atoms. The number of hydrogen-bond acceptors (Lipinski definition) is 4. The zero-order chi connectivity index (χ0) is 19.2. The lowest BCUT2D eigenvalue weighted by atomic mass is 9.85. The number of nitrogens with one attached hydrogen (secondary N) is 1. The first-order valence-electron chi connectivity index (χ1n) is 10.4. The Kier molecular flexibility index (Phi) is 11.3. The maximum atomic E-state index is 12.8. The van der Waals surface area contributed by atoms with Gasteiger partial charge in [0.15, 0.2) is 0 Å². The monoisotopic (exact) mass is 445 g/mol. The smallest absolute Gasteiger partial charge is 0.222 e. The lowest BCUT2D eigenvalue weighted by molar-refractivity contribution is -0.134. The summed E-state index contributed by atoms with van der Waals surface area (Å²) in [5, 5.41) is 3.47. The van der Waals surface area contributed by atoms with E-state index in [1.165, 1.54) is 18.4 Å². The molecule has 1 aromatic carbocycles. The summed E-state index contributed by atoms with van der Waals surface area (Å²) < 4.78 is 5.35. The minimum atomic E-state index is 0. The van der Waals surface area contributed by atoms with E-state index in [4.69, 9.17) is 4.74 Å². The highest BCUT2D eigenvalue weighted by Gasteiger charge is 2.28. The number of piperidine rings is 1. The van der Waals surface area contributed by atoms with Crippen LogP contribution in [0.25, 0.3) is 0 Å². The molecule has 0 radical (unpaired) electrons. The third-order valence-corrected chi connectivity index (χ3v) is 6.43. The number of amides is 1. The van der Waals surface area contributed by atoms with Crippen LogP contribution in [0.15, 0.2) is 24.3 Å². The lowest BCUT2D eigenvalue weighted by Gasteiger charge is -2.39. The van der Waals surface area contributed by atoms with Crippen molar-refractivity contribution in [3.8, 4) is 5.75 Å². The van der Waals surface area contributed by atoms with Gasteiger partial charge in [0.05, 0.1) is 7.11 Å². The van der Waals surface area contributed by atoms with E-state index in [9.17, 15) is 4.79 Å². The van der Waals surface area contributed by atoms with Gasteiger partial charge in [0, 0.05) is 38.6 Å². The first-order valence-corrected chi connectivity index (χ1v) is 10.4. The van der Waals surface area contributed by atoms with Crippen molar-refractivity contribution in [2.45, 2.75) is 39.2 Å². The molecule has 2 aliphatic heterocycles. The van der Waals surface area contributed by atoms with Gasteiger partial charge in [0.25, 0.3) is 0 Å². The molecule has 3 rings (SSSR count). The number of methoxy groups -OCH3 is 1. The van der Waals surface area contributed by atoms with E-state index in [0.717, 1.165) is 45.0 Å². The van der Waals surface area contributed by atoms with E-state index in [2.05, 4.69) is 41.1 Å². The number of rotatable bonds is 6. The van der Waals surface area contributed by atoms with Gasteiger partial charge in [-0.25, -0.2) is 0 Å². The molecule has 1 aromatic rings. The van der Waals surface area contributed by atoms with Crippen LogP contribution in [-0.2, 0) is 4.79 Å². The fourth-order valence-electron chi connectivity index (χ4n) is 4.41. The molecule has 2 heterocycles. The van der Waals surface area contributed by atoms with Crippen molar-refractivity contribution in [3.63, 3.8) is 0 Å². The summed E-state index contributed by atoms with van der Waals surface area (Å²) in [6.45, 7) is 10.2. The van der Waals surface area contributed by atoms with Crippen LogP contribution in [0.4, 0.5) is 0 Å². The molecule has 29 heavy (non-hydrogen) atoms. The number of halogens is 2. The molecule has 2 saturated heterocycles. The molecule has 2 fully saturated rings. The first kappa shape index (κ1) is 26.0. The van der Waals surface area contributed by atoms with Crippen LogP contribution in [0.2, 0.25) is 0 Å². The van der Waals surface area contributed by atoms with E-state index in [1.54, 1.807) is 7.11 Å². The number of ether oxygens (including phenoxy) is 1. The normalized spacial score (nSPS) is 22.0. The SMILES string of the molecule is COc1cccc(C(C)N2CCN(C(=O)CC(C)C3CCCNC3)CC2)c1.Cl.Cl. The fourth-order valence-corrected chi connectivity index (χ4v) is 4.41. The van der Waals surface area contributed by atoms with Crippen LogP contribution in [0.1, 0.15) is 44.7 Å². The second-order valence-corrected chi connectivity index (χ2v) is 8.16. The van der Waals surface area contributed by atoms with Crippen LogP contribution >= 0.6 is 24.8 Å². The summed E-state index contributed by atoms with van der Waals surface area (Å²) in [5.74, 6) is 2.36. The Bertz CT molecular complexity index is 618. The molecule has 0 aliphatic carbocycles. The Labute approximate surface area is 188 Å². The predicted molar refractivity (Wildman–Crippen MR) is 123 cm³/mol. The maximum Gasteiger partial charge on any atom is 0.222 e. The zero-order valence-corrected chi connectivity index (χ0v) is 19.6. The Morgan fingerprint density at radius 1 is 1.21 bits per heavy atom. The van der Waals surface area contributed by atoms with Crippen LogP contribution in [-0.4, -0.2) is 62.1 Å². The lowest BCUT2D eigenvalue weighted by Crippen LogP contribution is -2.49. The van der Waals surface area contributed by atoms with Gasteiger partial charge in [-0.05, 0) is 62.4 Å². The number of nitrogens with zero attached hydrogens (tertiary/aromatic N) is 2. The second-order valence-electron chi connectivity index (χ2n) is 8.16. The number of benzene rings is 1. The minimum absolute atomic E-state index is 0. The van der Waals surface area contributed by atoms with Gasteiger partial charge in [-0.2, -0.15) is 0 Å². The molecule has 7 heteroatoms. The topological polar surface area (TPSA) is 44.8 Å². The van der Waals surface area contributed by atoms with Crippen molar-refractivity contribution in [2.24, 2.45) is 11.8 Å². The Morgan fingerprint density at radius 2 is 1.93 bits per heavy atom. The summed E-state index contributed by atoms with van der Waals surface area (Å²) in [6.07, 6.45) is 3.19. The second kappa shape index (κ2) is 12.6. The average Bonchev–Trinajstić information content (AvgIpc) is 2.74. The molecule has 2 aliphatic rings. The quantitative estimate of drug-likeness (QED) is 0.723. The fraction of sp³-hybridized carbons (Fsp3) is 0.682. The van der Waals surface area contributed by atoms with Gasteiger partial charge in [0.1, 0.15) is 5.75 Å². The van der Waals surface area contributed by atoms with Gasteiger partial charge in [-0.1, -0.05) is 19.1 Å². The molecule has 3 unspecified atom stereocenters. The Balaban J connectivity index is 0.00000210. The van der Waals surface area contributed by atoms with E-state index in [-0.39, 0.29) is 24.8 Å². The summed E-state index contributed by atoms with van der Waals surface area (Å²) in [4.78, 5) is 17.3. The van der Waals surface area contributed by atoms with Crippen molar-refractivity contribution in [1.29, 1.82) is 0 Å². The van der Waals surface area contributed by atoms with Crippen molar-refractivity contribution in [1.82, 2.24) is 15.1 Å². The minimum Gasteiger partial charge on any atom is -0.497 e. The standard InChI is InChI=1S/C22H35N3O2.2ClH/c1-17(20-7-5-9-23-16-20)14-22(26)25-12-10-24(11-13-25)18(2)19-6-4-8-21(15-19)27-3;;/h4,6,8,15,17-18,20,23H,5,7,9-14,16H2,1-3H3;2*1H. The summed E-state index contributed by atoms with van der Waals surface area (Å²) in [5.41, 5.74) is 1.27. The number of carbonyl (C=O) groups excluding carboxylic acids is 1. The van der Waals surface area contributed by atoms with E-state index >= 15 is 0 Å². The van der Waals surface area contributed by atoms with Crippen molar-refractivity contribution < 1.29 is 9.53 Å². The summed E-state index contributed by atoms with van der Waals surface area (Å²) in [7, 11) is 1.71. The maximum absolute atomic E-state index is 12.8. The van der Waals surface area contributed by atoms with Gasteiger partial charge in [0.2, 0.25) is 5.91 Å². The summed E-state index contributed by atoms with van der Waals surface area (Å²) in [6, 6.07) is 8.64. The van der Waals surface area contributed by atoms with E-state index in [0.29, 0.717) is 30.2 Å². The van der Waals surface area contributed by atoms with Crippen LogP contribution < -0.4 is 10.1 Å². The van der Waals surface area contributed by atoms with Gasteiger partial charge in [-0.15, -0.1) is 24.8 Å². The van der Waals surface area contributed by atoms with Crippen LogP contribution in [0.3, 0.4) is 0 Å². The Morgan fingerprint density at radius 3 is 2.55 bits per heavy atom. The molecule has 1 amide bonds. The molecule has 3 atom stereocenters. The van der Waals surface area contributed by atoms with Crippen LogP contribution in [0, 0.1) is 11.8 Å². The average molecular weight is 446 g/mol. The number of hydrogen-bond donors (Lipinski definition) is 1. The highest BCUT2D eigenvalue weighted by Crippen LogP contribution is 2.26. The molecule has 5 nitrogen and oxygen atoms in total. The third-order valence-electron chi connectivity index (χ3n) is 6.43. The molecular formula is C22H37Cl2N3O2. The molecular weight excluding hydrogens is 409 g/mol. The highest BCUT2D eigenvalue weighted by atomic mass is 35.5. The number of carbonyl (C=O) groups is 1. The van der Waals surface area contributed by atoms with Crippen molar-refractivity contribution in [3.05, 3.63) is 29.8 Å². The van der Waals surface area contributed by atoms with Crippen molar-refractivity contribution >= 4 is 30.7 Å². The number of piperazine rings is 1. The molecule has 0 aromatic heterocycles. The highest BCUT2D eigenvalue weighted by molar-refractivity contribution is 5.85. The van der Waals surface area contributed by atoms with E-state index < -0.39 is 0 Å². The molecule has 0 saturated carbocycles. The zero-order valence-electron chi connectivity index (χ0n) is 17.9. The Hall–Kier alpha value is -1.01. The third kappa shape index (κ3) is 7.02. The molecule has 166 valence electrons. The van der Waals surface area contributed by atoms with Gasteiger partial charge < -0.3 is 15.0 Å². The van der Waals surface area contributed by atoms with Gasteiger partial charge >= 0.3 is 0 Å². The predicted octanol–water partition coefficient (Wildman–Crippen LogP) is 3.77. The van der Waals surface area contributed by atoms with E-state index in [1.807, 2.05) is 12.1 Å². The van der Waals surface area contributed by atoms with Gasteiger partial charge in [-0.3, -0.25) is 9.69 Å². The molecule has 0 spiro atoms. The van der Waals surface area contributed by atoms with Crippen LogP contribution in [0.5, 0.6) is 5.75 Å².